The fourth-order valence-electron chi connectivity index (χ4n) is 4.19. The molecule has 0 aromatic heterocycles. The molecule has 0 saturated heterocycles. The van der Waals surface area contributed by atoms with Crippen LogP contribution in [0.1, 0.15) is 15.9 Å². The quantitative estimate of drug-likeness (QED) is 0.282. The van der Waals surface area contributed by atoms with Crippen LogP contribution in [0.3, 0.4) is 0 Å². The van der Waals surface area contributed by atoms with Crippen molar-refractivity contribution >= 4 is 39.1 Å². The minimum atomic E-state index is -3.43. The minimum absolute atomic E-state index is 0.351. The molecule has 31 heavy (non-hydrogen) atoms. The van der Waals surface area contributed by atoms with Gasteiger partial charge in [0.1, 0.15) is 0 Å². The van der Waals surface area contributed by atoms with Crippen LogP contribution in [-0.2, 0) is 10.9 Å². The summed E-state index contributed by atoms with van der Waals surface area (Å²) in [5.41, 5.74) is 1.52. The average molecular weight is 447 g/mol. The second kappa shape index (κ2) is 8.67. The Balaban J connectivity index is 2.03. The van der Waals surface area contributed by atoms with Crippen LogP contribution < -0.4 is 15.9 Å². The molecule has 0 amide bonds. The van der Waals surface area contributed by atoms with E-state index < -0.39 is 5.96 Å². The van der Waals surface area contributed by atoms with Crippen molar-refractivity contribution in [3.8, 4) is 0 Å². The SMILES string of the molecule is COC(=O)c1cccc(CP(Cl)(c2ccccc2)(c2ccccc2)c2ccccc2)c1. The van der Waals surface area contributed by atoms with Crippen molar-refractivity contribution in [2.24, 2.45) is 0 Å². The molecule has 0 N–H and O–H groups in total. The third-order valence-electron chi connectivity index (χ3n) is 5.71. The first-order valence-corrected chi connectivity index (χ1v) is 13.5. The van der Waals surface area contributed by atoms with Gasteiger partial charge in [-0.25, -0.2) is 0 Å². The molecule has 0 heterocycles. The molecule has 156 valence electrons. The zero-order valence-corrected chi connectivity index (χ0v) is 19.0. The molecule has 2 nitrogen and oxygen atoms in total. The summed E-state index contributed by atoms with van der Waals surface area (Å²) in [6.45, 7) is 0. The number of esters is 1. The average Bonchev–Trinajstić information content (AvgIpc) is 2.85. The van der Waals surface area contributed by atoms with Crippen molar-refractivity contribution < 1.29 is 9.53 Å². The van der Waals surface area contributed by atoms with Crippen LogP contribution in [0.25, 0.3) is 0 Å². The van der Waals surface area contributed by atoms with E-state index in [0.717, 1.165) is 21.5 Å². The summed E-state index contributed by atoms with van der Waals surface area (Å²) in [4.78, 5) is 12.2. The van der Waals surface area contributed by atoms with Crippen molar-refractivity contribution in [3.63, 3.8) is 0 Å². The summed E-state index contributed by atoms with van der Waals surface area (Å²) in [7, 11) is 1.40. The first-order chi connectivity index (χ1) is 15.1. The molecular formula is C27H24ClO2P. The van der Waals surface area contributed by atoms with Crippen LogP contribution in [0.2, 0.25) is 0 Å². The van der Waals surface area contributed by atoms with Gasteiger partial charge in [-0.3, -0.25) is 0 Å². The van der Waals surface area contributed by atoms with Crippen molar-refractivity contribution in [3.05, 3.63) is 126 Å². The molecule has 0 fully saturated rings. The summed E-state index contributed by atoms with van der Waals surface area (Å²) in [6.07, 6.45) is 0.579. The van der Waals surface area contributed by atoms with Crippen molar-refractivity contribution in [1.29, 1.82) is 0 Å². The van der Waals surface area contributed by atoms with Gasteiger partial charge in [-0.2, -0.15) is 0 Å². The van der Waals surface area contributed by atoms with Crippen LogP contribution in [0.4, 0.5) is 0 Å². The van der Waals surface area contributed by atoms with Crippen molar-refractivity contribution in [2.75, 3.05) is 7.11 Å². The van der Waals surface area contributed by atoms with E-state index in [1.54, 1.807) is 6.07 Å². The summed E-state index contributed by atoms with van der Waals surface area (Å²) in [6, 6.07) is 38.6. The molecule has 4 heteroatoms. The Morgan fingerprint density at radius 2 is 1.16 bits per heavy atom. The predicted octanol–water partition coefficient (Wildman–Crippen LogP) is 5.66. The number of halogens is 1. The molecule has 0 aliphatic heterocycles. The van der Waals surface area contributed by atoms with E-state index in [1.165, 1.54) is 7.11 Å². The number of methoxy groups -OCH3 is 1. The van der Waals surface area contributed by atoms with Gasteiger partial charge in [-0.1, -0.05) is 0 Å². The van der Waals surface area contributed by atoms with E-state index in [9.17, 15) is 4.79 Å². The summed E-state index contributed by atoms with van der Waals surface area (Å²) >= 11 is 8.09. The number of hydrogen-bond donors (Lipinski definition) is 0. The number of carbonyl (C=O) groups is 1. The molecule has 0 radical (unpaired) electrons. The Bertz CT molecular complexity index is 1080. The van der Waals surface area contributed by atoms with Crippen molar-refractivity contribution in [2.45, 2.75) is 6.16 Å². The molecule has 4 rings (SSSR count). The third-order valence-corrected chi connectivity index (χ3v) is 12.9. The topological polar surface area (TPSA) is 26.3 Å². The summed E-state index contributed by atoms with van der Waals surface area (Å²) in [5.74, 6) is -3.78. The molecule has 0 unspecified atom stereocenters. The fourth-order valence-corrected chi connectivity index (χ4v) is 10.3. The number of ether oxygens (including phenoxy) is 1. The van der Waals surface area contributed by atoms with E-state index in [2.05, 4.69) is 36.4 Å². The molecular weight excluding hydrogens is 423 g/mol. The van der Waals surface area contributed by atoms with Crippen LogP contribution in [0.15, 0.2) is 115 Å². The van der Waals surface area contributed by atoms with E-state index >= 15 is 0 Å². The Hall–Kier alpha value is -2.93. The Morgan fingerprint density at radius 3 is 1.58 bits per heavy atom. The molecule has 0 aliphatic carbocycles. The van der Waals surface area contributed by atoms with Gasteiger partial charge in [-0.15, -0.1) is 0 Å². The molecule has 0 spiro atoms. The predicted molar refractivity (Wildman–Crippen MR) is 132 cm³/mol. The second-order valence-corrected chi connectivity index (χ2v) is 14.0. The maximum absolute atomic E-state index is 12.2. The number of rotatable bonds is 6. The number of hydrogen-bond acceptors (Lipinski definition) is 2. The van der Waals surface area contributed by atoms with Gasteiger partial charge in [0.15, 0.2) is 0 Å². The van der Waals surface area contributed by atoms with Gasteiger partial charge in [-0.05, 0) is 0 Å². The first-order valence-electron chi connectivity index (χ1n) is 10.1. The zero-order valence-electron chi connectivity index (χ0n) is 17.3. The maximum atomic E-state index is 12.2. The normalized spacial score (nSPS) is 12.5. The van der Waals surface area contributed by atoms with E-state index in [0.29, 0.717) is 11.7 Å². The van der Waals surface area contributed by atoms with Gasteiger partial charge in [0.05, 0.1) is 0 Å². The molecule has 0 saturated carbocycles. The van der Waals surface area contributed by atoms with Gasteiger partial charge in [0.25, 0.3) is 0 Å². The number of benzene rings is 4. The van der Waals surface area contributed by atoms with Gasteiger partial charge in [0, 0.05) is 0 Å². The second-order valence-electron chi connectivity index (χ2n) is 7.54. The fraction of sp³-hybridized carbons (Fsp3) is 0.0741. The summed E-state index contributed by atoms with van der Waals surface area (Å²) < 4.78 is 4.94. The molecule has 0 bridgehead atoms. The van der Waals surface area contributed by atoms with Gasteiger partial charge in [0.2, 0.25) is 0 Å². The zero-order chi connectivity index (χ0) is 21.8. The van der Waals surface area contributed by atoms with Crippen LogP contribution in [0, 0.1) is 0 Å². The Morgan fingerprint density at radius 1 is 0.710 bits per heavy atom. The van der Waals surface area contributed by atoms with Crippen LogP contribution in [0.5, 0.6) is 0 Å². The molecule has 0 aliphatic rings. The first kappa shape index (κ1) is 21.3. The van der Waals surface area contributed by atoms with E-state index in [-0.39, 0.29) is 5.97 Å². The van der Waals surface area contributed by atoms with Crippen LogP contribution in [-0.4, -0.2) is 13.1 Å². The van der Waals surface area contributed by atoms with Gasteiger partial charge < -0.3 is 0 Å². The molecule has 4 aromatic rings. The molecule has 0 atom stereocenters. The standard InChI is InChI=1S/C27H24ClO2P/c1-30-27(29)23-13-11-12-22(20-23)21-31(28,24-14-5-2-6-15-24,25-16-7-3-8-17-25)26-18-9-4-10-19-26/h2-20H,21H2,1H3. The van der Waals surface area contributed by atoms with Gasteiger partial charge >= 0.3 is 188 Å². The Kier molecular flexibility index (Phi) is 5.96. The summed E-state index contributed by atoms with van der Waals surface area (Å²) in [5, 5.41) is 3.28. The Labute approximate surface area is 188 Å². The van der Waals surface area contributed by atoms with E-state index in [4.69, 9.17) is 16.0 Å². The molecule has 4 aromatic carbocycles. The van der Waals surface area contributed by atoms with Crippen LogP contribution >= 0.6 is 17.2 Å². The third kappa shape index (κ3) is 3.78. The van der Waals surface area contributed by atoms with E-state index in [1.807, 2.05) is 72.8 Å². The monoisotopic (exact) mass is 446 g/mol. The number of carbonyl (C=O) groups excluding carboxylic acids is 1. The van der Waals surface area contributed by atoms with Crippen molar-refractivity contribution in [1.82, 2.24) is 0 Å².